The lowest BCUT2D eigenvalue weighted by atomic mass is 9.44. The summed E-state index contributed by atoms with van der Waals surface area (Å²) in [6.07, 6.45) is 13.1. The van der Waals surface area contributed by atoms with Crippen LogP contribution >= 0.6 is 0 Å². The fourth-order valence-corrected chi connectivity index (χ4v) is 9.56. The Labute approximate surface area is 205 Å². The minimum absolute atomic E-state index is 0. The molecule has 0 bridgehead atoms. The molecule has 1 saturated heterocycles. The molecule has 182 valence electrons. The van der Waals surface area contributed by atoms with Crippen molar-refractivity contribution in [1.29, 1.82) is 0 Å². The fourth-order valence-electron chi connectivity index (χ4n) is 9.56. The number of esters is 1. The average molecular weight is 511 g/mol. The summed E-state index contributed by atoms with van der Waals surface area (Å²) in [6, 6.07) is 0.433. The summed E-state index contributed by atoms with van der Waals surface area (Å²) in [6.45, 7) is 8.94. The summed E-state index contributed by atoms with van der Waals surface area (Å²) in [5, 5.41) is 0. The number of hydrogen-bond donors (Lipinski definition) is 0. The molecule has 4 aliphatic carbocycles. The molecule has 5 heteroatoms. The highest BCUT2D eigenvalue weighted by atomic mass is 79.9. The van der Waals surface area contributed by atoms with Crippen molar-refractivity contribution in [3.05, 3.63) is 0 Å². The van der Waals surface area contributed by atoms with Crippen LogP contribution in [0.5, 0.6) is 0 Å². The Hall–Kier alpha value is -0.420. The average Bonchev–Trinajstić information content (AvgIpc) is 3.03. The first kappa shape index (κ1) is 24.7. The molecule has 1 heterocycles. The number of ether oxygens (including phenoxy) is 1. The molecular weight excluding hydrogens is 466 g/mol. The Morgan fingerprint density at radius 2 is 1.75 bits per heavy atom. The summed E-state index contributed by atoms with van der Waals surface area (Å²) in [5.74, 6) is 3.18. The zero-order valence-corrected chi connectivity index (χ0v) is 22.3. The van der Waals surface area contributed by atoms with Gasteiger partial charge < -0.3 is 26.2 Å². The highest BCUT2D eigenvalue weighted by Crippen LogP contribution is 2.66. The molecular formula is C27H44BrNO3. The molecule has 5 fully saturated rings. The molecule has 0 aromatic carbocycles. The van der Waals surface area contributed by atoms with Gasteiger partial charge in [-0.3, -0.25) is 9.59 Å². The molecule has 5 rings (SSSR count). The van der Waals surface area contributed by atoms with Crippen LogP contribution in [0.15, 0.2) is 0 Å². The molecule has 4 nitrogen and oxygen atoms in total. The van der Waals surface area contributed by atoms with Crippen LogP contribution in [-0.2, 0) is 14.3 Å². The summed E-state index contributed by atoms with van der Waals surface area (Å²) in [5.41, 5.74) is 0.292. The molecule has 8 atom stereocenters. The summed E-state index contributed by atoms with van der Waals surface area (Å²) in [7, 11) is 2.44. The Balaban J connectivity index is 0.00000245. The van der Waals surface area contributed by atoms with E-state index in [0.717, 1.165) is 42.0 Å². The van der Waals surface area contributed by atoms with Gasteiger partial charge in [0.25, 0.3) is 0 Å². The number of quaternary nitrogens is 1. The van der Waals surface area contributed by atoms with Crippen molar-refractivity contribution >= 4 is 11.8 Å². The third-order valence-electron chi connectivity index (χ3n) is 11.3. The number of hydrogen-bond acceptors (Lipinski definition) is 3. The van der Waals surface area contributed by atoms with Crippen LogP contribution in [0.25, 0.3) is 0 Å². The Morgan fingerprint density at radius 1 is 1.03 bits per heavy atom. The predicted octanol–water partition coefficient (Wildman–Crippen LogP) is 2.14. The lowest BCUT2D eigenvalue weighted by molar-refractivity contribution is -0.943. The molecule has 1 aliphatic heterocycles. The van der Waals surface area contributed by atoms with Gasteiger partial charge in [0.05, 0.1) is 20.1 Å². The second-order valence-electron chi connectivity index (χ2n) is 12.7. The van der Waals surface area contributed by atoms with Crippen molar-refractivity contribution in [3.8, 4) is 0 Å². The van der Waals surface area contributed by atoms with Crippen LogP contribution in [0.2, 0.25) is 0 Å². The lowest BCUT2D eigenvalue weighted by Crippen LogP contribution is -3.00. The molecule has 8 unspecified atom stereocenters. The molecule has 32 heavy (non-hydrogen) atoms. The normalized spacial score (nSPS) is 47.4. The lowest BCUT2D eigenvalue weighted by Gasteiger charge is -2.62. The largest absolute Gasteiger partial charge is 1.00 e. The Bertz CT molecular complexity index is 749. The Morgan fingerprint density at radius 3 is 2.44 bits per heavy atom. The Kier molecular flexibility index (Phi) is 6.68. The zero-order valence-electron chi connectivity index (χ0n) is 20.7. The van der Waals surface area contributed by atoms with Crippen molar-refractivity contribution < 1.29 is 35.8 Å². The fraction of sp³-hybridized carbons (Fsp3) is 0.926. The quantitative estimate of drug-likeness (QED) is 0.423. The van der Waals surface area contributed by atoms with Gasteiger partial charge in [0.1, 0.15) is 11.8 Å². The summed E-state index contributed by atoms with van der Waals surface area (Å²) < 4.78 is 7.15. The first-order valence-electron chi connectivity index (χ1n) is 13.2. The number of fused-ring (bicyclic) bond motifs is 5. The van der Waals surface area contributed by atoms with Crippen LogP contribution in [0, 0.1) is 34.5 Å². The molecule has 0 radical (unpaired) electrons. The highest BCUT2D eigenvalue weighted by Gasteiger charge is 2.63. The van der Waals surface area contributed by atoms with Gasteiger partial charge in [-0.1, -0.05) is 13.8 Å². The molecule has 0 aromatic rings. The first-order valence-corrected chi connectivity index (χ1v) is 13.2. The van der Waals surface area contributed by atoms with E-state index in [0.29, 0.717) is 29.1 Å². The van der Waals surface area contributed by atoms with E-state index in [-0.39, 0.29) is 34.5 Å². The number of rotatable bonds is 2. The molecule has 0 spiro atoms. The van der Waals surface area contributed by atoms with E-state index in [2.05, 4.69) is 20.9 Å². The van der Waals surface area contributed by atoms with E-state index in [1.165, 1.54) is 58.0 Å². The van der Waals surface area contributed by atoms with Crippen LogP contribution in [0.4, 0.5) is 0 Å². The van der Waals surface area contributed by atoms with Crippen molar-refractivity contribution in [3.63, 3.8) is 0 Å². The number of piperidine rings is 1. The van der Waals surface area contributed by atoms with E-state index >= 15 is 0 Å². The topological polar surface area (TPSA) is 43.4 Å². The minimum atomic E-state index is -0.103. The van der Waals surface area contributed by atoms with Crippen LogP contribution in [-0.4, -0.2) is 48.5 Å². The predicted molar refractivity (Wildman–Crippen MR) is 121 cm³/mol. The number of carbonyl (C=O) groups is 2. The number of likely N-dealkylation sites (N-methyl/N-ethyl adjacent to an activating group) is 1. The molecule has 4 saturated carbocycles. The second kappa shape index (κ2) is 8.66. The number of halogens is 1. The number of Topliss-reactive ketones (excluding diaryl/α,β-unsaturated/α-hetero) is 1. The minimum Gasteiger partial charge on any atom is -1.00 e. The molecule has 0 N–H and O–H groups in total. The van der Waals surface area contributed by atoms with Crippen LogP contribution in [0.3, 0.4) is 0 Å². The van der Waals surface area contributed by atoms with E-state index in [9.17, 15) is 9.59 Å². The van der Waals surface area contributed by atoms with Gasteiger partial charge in [-0.05, 0) is 86.9 Å². The third kappa shape index (κ3) is 3.72. The summed E-state index contributed by atoms with van der Waals surface area (Å²) >= 11 is 0. The maximum atomic E-state index is 12.8. The SMILES string of the molecule is CC(=O)OC1CC2CCC3C4CCC(=O)C4(C)CCC3C2(C)CC1[N+]1(C)CCCCC1.[Br-]. The van der Waals surface area contributed by atoms with Crippen LogP contribution < -0.4 is 17.0 Å². The van der Waals surface area contributed by atoms with E-state index in [4.69, 9.17) is 4.74 Å². The van der Waals surface area contributed by atoms with Gasteiger partial charge in [0, 0.05) is 25.2 Å². The second-order valence-corrected chi connectivity index (χ2v) is 12.7. The number of nitrogens with zero attached hydrogens (tertiary/aromatic N) is 1. The number of ketones is 1. The van der Waals surface area contributed by atoms with Gasteiger partial charge in [0.15, 0.2) is 6.10 Å². The van der Waals surface area contributed by atoms with Gasteiger partial charge in [0.2, 0.25) is 0 Å². The maximum absolute atomic E-state index is 12.8. The monoisotopic (exact) mass is 509 g/mol. The van der Waals surface area contributed by atoms with Gasteiger partial charge >= 0.3 is 5.97 Å². The van der Waals surface area contributed by atoms with Gasteiger partial charge in [-0.25, -0.2) is 0 Å². The first-order chi connectivity index (χ1) is 14.7. The van der Waals surface area contributed by atoms with E-state index in [1.807, 2.05) is 0 Å². The van der Waals surface area contributed by atoms with E-state index < -0.39 is 0 Å². The standard InChI is InChI=1S/C27H44NO3.BrH/c1-18(29)31-24-16-19-8-9-20-21-10-11-25(30)26(21,2)13-12-22(20)27(19,3)17-23(24)28(4)14-6-5-7-15-28;/h19-24H,5-17H2,1-4H3;1H/q+1;/p-1. The van der Waals surface area contributed by atoms with Crippen molar-refractivity contribution in [1.82, 2.24) is 0 Å². The molecule has 0 amide bonds. The van der Waals surface area contributed by atoms with Gasteiger partial charge in [-0.2, -0.15) is 0 Å². The van der Waals surface area contributed by atoms with Crippen molar-refractivity contribution in [2.75, 3.05) is 20.1 Å². The van der Waals surface area contributed by atoms with Crippen LogP contribution in [0.1, 0.15) is 91.4 Å². The smallest absolute Gasteiger partial charge is 0.303 e. The highest BCUT2D eigenvalue weighted by molar-refractivity contribution is 5.87. The van der Waals surface area contributed by atoms with Crippen molar-refractivity contribution in [2.45, 2.75) is 104 Å². The molecule has 5 aliphatic rings. The molecule has 0 aromatic heterocycles. The number of likely N-dealkylation sites (tertiary alicyclic amines) is 1. The third-order valence-corrected chi connectivity index (χ3v) is 11.3. The van der Waals surface area contributed by atoms with E-state index in [1.54, 1.807) is 6.92 Å². The number of carbonyl (C=O) groups excluding carboxylic acids is 2. The summed E-state index contributed by atoms with van der Waals surface area (Å²) in [4.78, 5) is 24.8. The van der Waals surface area contributed by atoms with Crippen molar-refractivity contribution in [2.24, 2.45) is 34.5 Å². The van der Waals surface area contributed by atoms with Gasteiger partial charge in [-0.15, -0.1) is 0 Å². The zero-order chi connectivity index (χ0) is 22.0. The maximum Gasteiger partial charge on any atom is 0.303 e.